The summed E-state index contributed by atoms with van der Waals surface area (Å²) >= 11 is 0. The maximum Gasteiger partial charge on any atom is 0.0645 e. The number of piperidine rings is 1. The van der Waals surface area contributed by atoms with Gasteiger partial charge in [0.05, 0.1) is 25.4 Å². The lowest BCUT2D eigenvalue weighted by atomic mass is 10.0. The number of nitrogens with zero attached hydrogens (tertiary/aromatic N) is 1. The predicted octanol–water partition coefficient (Wildman–Crippen LogP) is 0.886. The van der Waals surface area contributed by atoms with Gasteiger partial charge in [-0.05, 0) is 19.8 Å². The van der Waals surface area contributed by atoms with E-state index in [1.54, 1.807) is 0 Å². The molecule has 0 amide bonds. The largest absolute Gasteiger partial charge is 0.378 e. The number of hydrogen-bond acceptors (Lipinski definition) is 3. The summed E-state index contributed by atoms with van der Waals surface area (Å²) < 4.78 is 10.8. The highest BCUT2D eigenvalue weighted by atomic mass is 16.5. The third kappa shape index (κ3) is 2.22. The minimum absolute atomic E-state index is 0.516. The fourth-order valence-corrected chi connectivity index (χ4v) is 2.08. The molecule has 2 saturated heterocycles. The van der Waals surface area contributed by atoms with Crippen LogP contribution in [0.1, 0.15) is 19.8 Å². The third-order valence-electron chi connectivity index (χ3n) is 3.02. The van der Waals surface area contributed by atoms with Gasteiger partial charge in [0.25, 0.3) is 0 Å². The average molecular weight is 185 g/mol. The Morgan fingerprint density at radius 3 is 2.46 bits per heavy atom. The molecule has 0 aromatic carbocycles. The van der Waals surface area contributed by atoms with Gasteiger partial charge in [-0.2, -0.15) is 0 Å². The minimum atomic E-state index is 0.516. The van der Waals surface area contributed by atoms with Gasteiger partial charge in [0.2, 0.25) is 0 Å². The van der Waals surface area contributed by atoms with Crippen LogP contribution in [0.3, 0.4) is 0 Å². The SMILES string of the molecule is CCOC1CCN(C2COC2)CC1. The molecule has 0 aromatic rings. The average Bonchev–Trinajstić information content (AvgIpc) is 2.06. The first kappa shape index (κ1) is 9.44. The third-order valence-corrected chi connectivity index (χ3v) is 3.02. The molecule has 2 aliphatic rings. The van der Waals surface area contributed by atoms with Crippen molar-refractivity contribution in [3.05, 3.63) is 0 Å². The zero-order valence-corrected chi connectivity index (χ0v) is 8.37. The Morgan fingerprint density at radius 1 is 1.31 bits per heavy atom. The summed E-state index contributed by atoms with van der Waals surface area (Å²) in [6.07, 6.45) is 2.91. The highest BCUT2D eigenvalue weighted by Gasteiger charge is 2.29. The van der Waals surface area contributed by atoms with Gasteiger partial charge in [-0.1, -0.05) is 0 Å². The molecule has 0 spiro atoms. The standard InChI is InChI=1S/C10H19NO2/c1-2-13-10-3-5-11(6-4-10)9-7-12-8-9/h9-10H,2-8H2,1H3. The molecule has 2 rings (SSSR count). The lowest BCUT2D eigenvalue weighted by Crippen LogP contribution is -2.52. The van der Waals surface area contributed by atoms with Gasteiger partial charge in [-0.15, -0.1) is 0 Å². The zero-order chi connectivity index (χ0) is 9.10. The van der Waals surface area contributed by atoms with Crippen molar-refractivity contribution in [2.45, 2.75) is 31.9 Å². The van der Waals surface area contributed by atoms with E-state index < -0.39 is 0 Å². The summed E-state index contributed by atoms with van der Waals surface area (Å²) in [4.78, 5) is 2.54. The molecule has 0 radical (unpaired) electrons. The van der Waals surface area contributed by atoms with Crippen molar-refractivity contribution >= 4 is 0 Å². The van der Waals surface area contributed by atoms with Crippen LogP contribution in [0.25, 0.3) is 0 Å². The van der Waals surface area contributed by atoms with E-state index >= 15 is 0 Å². The fourth-order valence-electron chi connectivity index (χ4n) is 2.08. The van der Waals surface area contributed by atoms with E-state index in [1.165, 1.54) is 25.9 Å². The first-order valence-electron chi connectivity index (χ1n) is 5.33. The molecule has 3 nitrogen and oxygen atoms in total. The molecular weight excluding hydrogens is 166 g/mol. The van der Waals surface area contributed by atoms with Crippen molar-refractivity contribution in [3.8, 4) is 0 Å². The Morgan fingerprint density at radius 2 is 2.00 bits per heavy atom. The molecule has 76 valence electrons. The van der Waals surface area contributed by atoms with Crippen molar-refractivity contribution in [1.82, 2.24) is 4.90 Å². The molecular formula is C10H19NO2. The summed E-state index contributed by atoms with van der Waals surface area (Å²) in [6.45, 7) is 7.21. The number of rotatable bonds is 3. The summed E-state index contributed by atoms with van der Waals surface area (Å²) in [7, 11) is 0. The number of likely N-dealkylation sites (tertiary alicyclic amines) is 1. The van der Waals surface area contributed by atoms with E-state index in [-0.39, 0.29) is 0 Å². The summed E-state index contributed by atoms with van der Waals surface area (Å²) in [5, 5.41) is 0. The van der Waals surface area contributed by atoms with Crippen LogP contribution in [0.2, 0.25) is 0 Å². The molecule has 0 saturated carbocycles. The molecule has 0 atom stereocenters. The molecule has 2 aliphatic heterocycles. The van der Waals surface area contributed by atoms with Crippen LogP contribution < -0.4 is 0 Å². The second-order valence-electron chi connectivity index (χ2n) is 3.88. The van der Waals surface area contributed by atoms with Crippen LogP contribution in [0.4, 0.5) is 0 Å². The lowest BCUT2D eigenvalue weighted by molar-refractivity contribution is -0.0857. The smallest absolute Gasteiger partial charge is 0.0645 e. The molecule has 13 heavy (non-hydrogen) atoms. The van der Waals surface area contributed by atoms with Crippen LogP contribution in [0.5, 0.6) is 0 Å². The zero-order valence-electron chi connectivity index (χ0n) is 8.37. The van der Waals surface area contributed by atoms with E-state index in [1.807, 2.05) is 0 Å². The highest BCUT2D eigenvalue weighted by molar-refractivity contribution is 4.82. The Balaban J connectivity index is 1.69. The van der Waals surface area contributed by atoms with Crippen LogP contribution in [0.15, 0.2) is 0 Å². The van der Waals surface area contributed by atoms with E-state index in [2.05, 4.69) is 11.8 Å². The Bertz CT molecular complexity index is 151. The van der Waals surface area contributed by atoms with E-state index in [0.717, 1.165) is 19.8 Å². The molecule has 0 aromatic heterocycles. The van der Waals surface area contributed by atoms with Crippen LogP contribution >= 0.6 is 0 Å². The molecule has 2 fully saturated rings. The van der Waals surface area contributed by atoms with E-state index in [4.69, 9.17) is 9.47 Å². The molecule has 0 N–H and O–H groups in total. The summed E-state index contributed by atoms with van der Waals surface area (Å²) in [5.41, 5.74) is 0. The maximum atomic E-state index is 5.60. The van der Waals surface area contributed by atoms with Gasteiger partial charge in [-0.25, -0.2) is 0 Å². The number of ether oxygens (including phenoxy) is 2. The molecule has 2 heterocycles. The van der Waals surface area contributed by atoms with Crippen molar-refractivity contribution in [2.75, 3.05) is 32.9 Å². The topological polar surface area (TPSA) is 21.7 Å². The first-order valence-corrected chi connectivity index (χ1v) is 5.33. The van der Waals surface area contributed by atoms with E-state index in [9.17, 15) is 0 Å². The van der Waals surface area contributed by atoms with Crippen LogP contribution in [-0.4, -0.2) is 50.0 Å². The predicted molar refractivity (Wildman–Crippen MR) is 50.8 cm³/mol. The Kier molecular flexibility index (Phi) is 3.19. The van der Waals surface area contributed by atoms with Crippen molar-refractivity contribution in [1.29, 1.82) is 0 Å². The summed E-state index contributed by atoms with van der Waals surface area (Å²) in [5.74, 6) is 0. The van der Waals surface area contributed by atoms with Crippen LogP contribution in [-0.2, 0) is 9.47 Å². The maximum absolute atomic E-state index is 5.60. The van der Waals surface area contributed by atoms with Gasteiger partial charge >= 0.3 is 0 Å². The minimum Gasteiger partial charge on any atom is -0.378 e. The summed E-state index contributed by atoms with van der Waals surface area (Å²) in [6, 6.07) is 0.711. The van der Waals surface area contributed by atoms with Gasteiger partial charge in [0.1, 0.15) is 0 Å². The number of hydrogen-bond donors (Lipinski definition) is 0. The van der Waals surface area contributed by atoms with Crippen LogP contribution in [0, 0.1) is 0 Å². The van der Waals surface area contributed by atoms with Gasteiger partial charge in [0.15, 0.2) is 0 Å². The Labute approximate surface area is 80.0 Å². The van der Waals surface area contributed by atoms with Crippen molar-refractivity contribution < 1.29 is 9.47 Å². The fraction of sp³-hybridized carbons (Fsp3) is 1.00. The molecule has 0 unspecified atom stereocenters. The molecule has 0 aliphatic carbocycles. The van der Waals surface area contributed by atoms with E-state index in [0.29, 0.717) is 12.1 Å². The second kappa shape index (κ2) is 4.40. The second-order valence-corrected chi connectivity index (χ2v) is 3.88. The molecule has 0 bridgehead atoms. The quantitative estimate of drug-likeness (QED) is 0.651. The van der Waals surface area contributed by atoms with Gasteiger partial charge < -0.3 is 9.47 Å². The van der Waals surface area contributed by atoms with Crippen molar-refractivity contribution in [3.63, 3.8) is 0 Å². The Hall–Kier alpha value is -0.120. The monoisotopic (exact) mass is 185 g/mol. The lowest BCUT2D eigenvalue weighted by Gasteiger charge is -2.41. The normalized spacial score (nSPS) is 27.5. The van der Waals surface area contributed by atoms with Crippen molar-refractivity contribution in [2.24, 2.45) is 0 Å². The van der Waals surface area contributed by atoms with Gasteiger partial charge in [0, 0.05) is 19.7 Å². The molecule has 3 heteroatoms. The highest BCUT2D eigenvalue weighted by Crippen LogP contribution is 2.19. The first-order chi connectivity index (χ1) is 6.40. The van der Waals surface area contributed by atoms with Gasteiger partial charge in [-0.3, -0.25) is 4.90 Å².